The summed E-state index contributed by atoms with van der Waals surface area (Å²) in [4.78, 5) is 15.5. The Hall–Kier alpha value is -1.78. The number of hydrogen-bond acceptors (Lipinski definition) is 4. The number of carbonyl (C=O) groups excluding carboxylic acids is 1. The summed E-state index contributed by atoms with van der Waals surface area (Å²) in [6.45, 7) is 2.17. The van der Waals surface area contributed by atoms with E-state index in [0.717, 1.165) is 18.4 Å². The van der Waals surface area contributed by atoms with Crippen LogP contribution in [-0.2, 0) is 4.79 Å². The topological polar surface area (TPSA) is 80.0 Å². The van der Waals surface area contributed by atoms with Crippen molar-refractivity contribution in [2.75, 3.05) is 17.6 Å². The summed E-state index contributed by atoms with van der Waals surface area (Å²) in [6, 6.07) is 2.23. The van der Waals surface area contributed by atoms with Gasteiger partial charge in [0.25, 0.3) is 0 Å². The molecule has 86 valence electrons. The number of nitrogens with two attached hydrogens (primary N) is 1. The molecule has 0 spiro atoms. The molecule has 4 N–H and O–H groups in total. The summed E-state index contributed by atoms with van der Waals surface area (Å²) in [5.74, 6) is 0.691. The molecule has 1 aromatic rings. The van der Waals surface area contributed by atoms with Gasteiger partial charge < -0.3 is 16.4 Å². The maximum Gasteiger partial charge on any atom is 0.239 e. The van der Waals surface area contributed by atoms with E-state index in [-0.39, 0.29) is 12.5 Å². The fraction of sp³-hybridized carbons (Fsp3) is 0.455. The lowest BCUT2D eigenvalue weighted by Gasteiger charge is -2.07. The lowest BCUT2D eigenvalue weighted by Crippen LogP contribution is -2.31. The first-order valence-corrected chi connectivity index (χ1v) is 5.40. The molecule has 0 aliphatic heterocycles. The lowest BCUT2D eigenvalue weighted by atomic mass is 10.2. The van der Waals surface area contributed by atoms with Gasteiger partial charge in [-0.1, -0.05) is 0 Å². The van der Waals surface area contributed by atoms with E-state index in [9.17, 15) is 4.79 Å². The molecule has 1 aliphatic carbocycles. The van der Waals surface area contributed by atoms with Crippen LogP contribution in [0.1, 0.15) is 18.4 Å². The second-order valence-electron chi connectivity index (χ2n) is 4.12. The fourth-order valence-electron chi connectivity index (χ4n) is 1.34. The number of hydrogen-bond donors (Lipinski definition) is 3. The van der Waals surface area contributed by atoms with E-state index >= 15 is 0 Å². The summed E-state index contributed by atoms with van der Waals surface area (Å²) in [5, 5.41) is 5.86. The zero-order valence-electron chi connectivity index (χ0n) is 9.29. The van der Waals surface area contributed by atoms with Crippen LogP contribution in [0.4, 0.5) is 11.5 Å². The van der Waals surface area contributed by atoms with E-state index in [1.807, 2.05) is 13.0 Å². The van der Waals surface area contributed by atoms with E-state index in [2.05, 4.69) is 15.6 Å². The highest BCUT2D eigenvalue weighted by Gasteiger charge is 2.22. The summed E-state index contributed by atoms with van der Waals surface area (Å²) in [7, 11) is 0. The van der Waals surface area contributed by atoms with Crippen LogP contribution in [0.25, 0.3) is 0 Å². The molecule has 0 saturated heterocycles. The number of pyridine rings is 1. The molecular weight excluding hydrogens is 204 g/mol. The van der Waals surface area contributed by atoms with Crippen molar-refractivity contribution in [1.82, 2.24) is 10.3 Å². The summed E-state index contributed by atoms with van der Waals surface area (Å²) < 4.78 is 0. The lowest BCUT2D eigenvalue weighted by molar-refractivity contribution is -0.119. The van der Waals surface area contributed by atoms with Gasteiger partial charge in [0.15, 0.2) is 0 Å². The third kappa shape index (κ3) is 2.85. The van der Waals surface area contributed by atoms with Crippen LogP contribution in [-0.4, -0.2) is 23.5 Å². The smallest absolute Gasteiger partial charge is 0.239 e. The van der Waals surface area contributed by atoms with Crippen molar-refractivity contribution in [1.29, 1.82) is 0 Å². The molecule has 2 rings (SSSR count). The molecule has 5 nitrogen and oxygen atoms in total. The number of nitrogens with one attached hydrogen (secondary N) is 2. The zero-order chi connectivity index (χ0) is 11.5. The average Bonchev–Trinajstić information content (AvgIpc) is 3.04. The summed E-state index contributed by atoms with van der Waals surface area (Å²) >= 11 is 0. The van der Waals surface area contributed by atoms with E-state index in [0.29, 0.717) is 17.5 Å². The van der Waals surface area contributed by atoms with Crippen LogP contribution >= 0.6 is 0 Å². The molecule has 1 amide bonds. The van der Waals surface area contributed by atoms with Gasteiger partial charge >= 0.3 is 0 Å². The molecule has 5 heteroatoms. The number of rotatable bonds is 4. The largest absolute Gasteiger partial charge is 0.397 e. The molecule has 16 heavy (non-hydrogen) atoms. The van der Waals surface area contributed by atoms with Gasteiger partial charge in [-0.2, -0.15) is 0 Å². The van der Waals surface area contributed by atoms with Gasteiger partial charge in [0, 0.05) is 6.04 Å². The van der Waals surface area contributed by atoms with Gasteiger partial charge in [-0.15, -0.1) is 0 Å². The van der Waals surface area contributed by atoms with Crippen LogP contribution < -0.4 is 16.4 Å². The Balaban J connectivity index is 1.83. The molecule has 0 bridgehead atoms. The molecule has 1 heterocycles. The van der Waals surface area contributed by atoms with Crippen molar-refractivity contribution in [3.63, 3.8) is 0 Å². The van der Waals surface area contributed by atoms with Gasteiger partial charge in [-0.05, 0) is 31.4 Å². The molecular formula is C11H16N4O. The van der Waals surface area contributed by atoms with Gasteiger partial charge in [0.05, 0.1) is 18.4 Å². The number of nitrogen functional groups attached to an aromatic ring is 1. The summed E-state index contributed by atoms with van der Waals surface area (Å²) in [6.07, 6.45) is 3.80. The number of carbonyl (C=O) groups is 1. The maximum absolute atomic E-state index is 11.4. The standard InChI is InChI=1S/C11H16N4O/c1-7-4-10(13-5-9(7)12)14-6-11(16)15-8-2-3-8/h4-5,8H,2-3,6,12H2,1H3,(H,13,14)(H,15,16). The van der Waals surface area contributed by atoms with Crippen molar-refractivity contribution in [3.8, 4) is 0 Å². The predicted molar refractivity (Wildman–Crippen MR) is 63.0 cm³/mol. The van der Waals surface area contributed by atoms with Crippen LogP contribution in [0.5, 0.6) is 0 Å². The molecule has 0 unspecified atom stereocenters. The highest BCUT2D eigenvalue weighted by atomic mass is 16.2. The highest BCUT2D eigenvalue weighted by molar-refractivity contribution is 5.81. The molecule has 1 aliphatic rings. The minimum absolute atomic E-state index is 0.0128. The average molecular weight is 220 g/mol. The van der Waals surface area contributed by atoms with Crippen molar-refractivity contribution < 1.29 is 4.79 Å². The van der Waals surface area contributed by atoms with E-state index in [1.165, 1.54) is 0 Å². The Morgan fingerprint density at radius 3 is 3.00 bits per heavy atom. The third-order valence-electron chi connectivity index (χ3n) is 2.52. The van der Waals surface area contributed by atoms with Gasteiger partial charge in [0.2, 0.25) is 5.91 Å². The third-order valence-corrected chi connectivity index (χ3v) is 2.52. The molecule has 1 aromatic heterocycles. The Labute approximate surface area is 94.4 Å². The van der Waals surface area contributed by atoms with E-state index in [4.69, 9.17) is 5.73 Å². The van der Waals surface area contributed by atoms with Crippen molar-refractivity contribution >= 4 is 17.4 Å². The quantitative estimate of drug-likeness (QED) is 0.696. The van der Waals surface area contributed by atoms with E-state index in [1.54, 1.807) is 6.20 Å². The number of aryl methyl sites for hydroxylation is 1. The second-order valence-corrected chi connectivity index (χ2v) is 4.12. The molecule has 1 saturated carbocycles. The van der Waals surface area contributed by atoms with Crippen LogP contribution in [0.2, 0.25) is 0 Å². The van der Waals surface area contributed by atoms with Crippen molar-refractivity contribution in [3.05, 3.63) is 17.8 Å². The molecule has 0 atom stereocenters. The molecule has 0 aromatic carbocycles. The Morgan fingerprint density at radius 2 is 2.38 bits per heavy atom. The van der Waals surface area contributed by atoms with Crippen molar-refractivity contribution in [2.45, 2.75) is 25.8 Å². The first kappa shape index (κ1) is 10.7. The first-order chi connectivity index (χ1) is 7.65. The number of aromatic nitrogens is 1. The first-order valence-electron chi connectivity index (χ1n) is 5.40. The minimum atomic E-state index is 0.0128. The Bertz CT molecular complexity index is 401. The molecule has 1 fully saturated rings. The van der Waals surface area contributed by atoms with Gasteiger partial charge in [-0.3, -0.25) is 4.79 Å². The number of anilines is 2. The maximum atomic E-state index is 11.4. The predicted octanol–water partition coefficient (Wildman–Crippen LogP) is 0.663. The monoisotopic (exact) mass is 220 g/mol. The highest BCUT2D eigenvalue weighted by Crippen LogP contribution is 2.18. The van der Waals surface area contributed by atoms with Crippen molar-refractivity contribution in [2.24, 2.45) is 0 Å². The van der Waals surface area contributed by atoms with E-state index < -0.39 is 0 Å². The van der Waals surface area contributed by atoms with Crippen LogP contribution in [0, 0.1) is 6.92 Å². The Kier molecular flexibility index (Phi) is 2.94. The van der Waals surface area contributed by atoms with Crippen LogP contribution in [0.15, 0.2) is 12.3 Å². The van der Waals surface area contributed by atoms with Gasteiger partial charge in [0.1, 0.15) is 5.82 Å². The normalized spacial score (nSPS) is 14.6. The number of amides is 1. The zero-order valence-corrected chi connectivity index (χ0v) is 9.29. The van der Waals surface area contributed by atoms with Crippen LogP contribution in [0.3, 0.4) is 0 Å². The fourth-order valence-corrected chi connectivity index (χ4v) is 1.34. The van der Waals surface area contributed by atoms with Gasteiger partial charge in [-0.25, -0.2) is 4.98 Å². The minimum Gasteiger partial charge on any atom is -0.397 e. The second kappa shape index (κ2) is 4.38. The Morgan fingerprint density at radius 1 is 1.62 bits per heavy atom. The SMILES string of the molecule is Cc1cc(NCC(=O)NC2CC2)ncc1N. The summed E-state index contributed by atoms with van der Waals surface area (Å²) in [5.41, 5.74) is 7.27. The molecule has 0 radical (unpaired) electrons. The number of nitrogens with zero attached hydrogens (tertiary/aromatic N) is 1.